The molecule has 0 saturated carbocycles. The molecule has 0 heterocycles. The molecular weight excluding hydrogens is 316 g/mol. The molecule has 0 bridgehead atoms. The first kappa shape index (κ1) is 20.8. The standard InChI is InChI=1S/C19H32N4O2/c1-6-13-21-17(20-7-2)22-14-12-15-8-10-16(11-9-15)23-18(24)25-19(3,4)5/h8-11H,6-7,12-14H2,1-5H3,(H,23,24)(H2,20,21,22). The topological polar surface area (TPSA) is 74.8 Å². The van der Waals surface area contributed by atoms with E-state index < -0.39 is 11.7 Å². The Balaban J connectivity index is 2.45. The molecule has 0 aliphatic heterocycles. The molecule has 0 unspecified atom stereocenters. The number of rotatable bonds is 7. The van der Waals surface area contributed by atoms with E-state index in [2.05, 4.69) is 34.8 Å². The smallest absolute Gasteiger partial charge is 0.412 e. The molecule has 0 fully saturated rings. The average Bonchev–Trinajstić information content (AvgIpc) is 2.52. The predicted octanol–water partition coefficient (Wildman–Crippen LogP) is 3.54. The first-order valence-corrected chi connectivity index (χ1v) is 8.95. The van der Waals surface area contributed by atoms with E-state index in [-0.39, 0.29) is 0 Å². The molecule has 0 radical (unpaired) electrons. The lowest BCUT2D eigenvalue weighted by Gasteiger charge is -2.19. The third-order valence-corrected chi connectivity index (χ3v) is 3.14. The van der Waals surface area contributed by atoms with Crippen molar-refractivity contribution in [1.82, 2.24) is 10.6 Å². The van der Waals surface area contributed by atoms with E-state index in [0.29, 0.717) is 0 Å². The van der Waals surface area contributed by atoms with Gasteiger partial charge in [-0.1, -0.05) is 19.1 Å². The first-order chi connectivity index (χ1) is 11.8. The van der Waals surface area contributed by atoms with E-state index in [1.54, 1.807) is 0 Å². The zero-order valence-electron chi connectivity index (χ0n) is 16.1. The van der Waals surface area contributed by atoms with Gasteiger partial charge in [-0.25, -0.2) is 4.79 Å². The Hall–Kier alpha value is -2.24. The van der Waals surface area contributed by atoms with Crippen LogP contribution in [0.3, 0.4) is 0 Å². The number of guanidine groups is 1. The van der Waals surface area contributed by atoms with Crippen LogP contribution in [0.2, 0.25) is 0 Å². The van der Waals surface area contributed by atoms with Gasteiger partial charge in [-0.2, -0.15) is 0 Å². The van der Waals surface area contributed by atoms with Crippen LogP contribution in [0.5, 0.6) is 0 Å². The van der Waals surface area contributed by atoms with Crippen LogP contribution in [0.15, 0.2) is 29.3 Å². The summed E-state index contributed by atoms with van der Waals surface area (Å²) in [6, 6.07) is 7.78. The highest BCUT2D eigenvalue weighted by Gasteiger charge is 2.15. The van der Waals surface area contributed by atoms with Gasteiger partial charge in [-0.15, -0.1) is 0 Å². The van der Waals surface area contributed by atoms with Gasteiger partial charge in [0.25, 0.3) is 0 Å². The van der Waals surface area contributed by atoms with E-state index in [4.69, 9.17) is 4.74 Å². The van der Waals surface area contributed by atoms with Crippen molar-refractivity contribution >= 4 is 17.7 Å². The van der Waals surface area contributed by atoms with Crippen molar-refractivity contribution in [3.8, 4) is 0 Å². The van der Waals surface area contributed by atoms with E-state index in [0.717, 1.165) is 44.1 Å². The fourth-order valence-corrected chi connectivity index (χ4v) is 2.07. The van der Waals surface area contributed by atoms with E-state index in [1.165, 1.54) is 5.56 Å². The number of nitrogens with one attached hydrogen (secondary N) is 3. The number of carbonyl (C=O) groups is 1. The Morgan fingerprint density at radius 2 is 1.80 bits per heavy atom. The summed E-state index contributed by atoms with van der Waals surface area (Å²) in [5.41, 5.74) is 1.41. The summed E-state index contributed by atoms with van der Waals surface area (Å²) in [5.74, 6) is 0.854. The quantitative estimate of drug-likeness (QED) is 0.520. The second kappa shape index (κ2) is 10.6. The van der Waals surface area contributed by atoms with Crippen molar-refractivity contribution < 1.29 is 9.53 Å². The number of hydrogen-bond acceptors (Lipinski definition) is 3. The average molecular weight is 348 g/mol. The number of anilines is 1. The molecule has 6 nitrogen and oxygen atoms in total. The fraction of sp³-hybridized carbons (Fsp3) is 0.579. The van der Waals surface area contributed by atoms with Crippen LogP contribution in [-0.4, -0.2) is 37.3 Å². The number of carbonyl (C=O) groups excluding carboxylic acids is 1. The molecule has 0 aliphatic carbocycles. The zero-order chi connectivity index (χ0) is 18.7. The Kier molecular flexibility index (Phi) is 8.81. The maximum atomic E-state index is 11.7. The van der Waals surface area contributed by atoms with Crippen LogP contribution in [-0.2, 0) is 11.2 Å². The number of ether oxygens (including phenoxy) is 1. The molecule has 140 valence electrons. The molecule has 6 heteroatoms. The number of amides is 1. The Morgan fingerprint density at radius 3 is 2.36 bits per heavy atom. The van der Waals surface area contributed by atoms with Crippen molar-refractivity contribution in [2.24, 2.45) is 4.99 Å². The lowest BCUT2D eigenvalue weighted by molar-refractivity contribution is 0.0636. The largest absolute Gasteiger partial charge is 0.444 e. The molecule has 0 saturated heterocycles. The van der Waals surface area contributed by atoms with E-state index >= 15 is 0 Å². The second-order valence-corrected chi connectivity index (χ2v) is 6.76. The Labute approximate surface area is 151 Å². The highest BCUT2D eigenvalue weighted by Crippen LogP contribution is 2.13. The third kappa shape index (κ3) is 9.59. The number of nitrogens with zero attached hydrogens (tertiary/aromatic N) is 1. The van der Waals surface area contributed by atoms with Crippen LogP contribution in [0.4, 0.5) is 10.5 Å². The molecule has 25 heavy (non-hydrogen) atoms. The molecule has 1 aromatic carbocycles. The maximum Gasteiger partial charge on any atom is 0.412 e. The SMILES string of the molecule is CCCN=C(NCC)NCCc1ccc(NC(=O)OC(C)(C)C)cc1. The van der Waals surface area contributed by atoms with E-state index in [1.807, 2.05) is 45.0 Å². The lowest BCUT2D eigenvalue weighted by atomic mass is 10.1. The van der Waals surface area contributed by atoms with Gasteiger partial charge in [0.15, 0.2) is 5.96 Å². The minimum Gasteiger partial charge on any atom is -0.444 e. The monoisotopic (exact) mass is 348 g/mol. The molecule has 0 spiro atoms. The molecular formula is C19H32N4O2. The predicted molar refractivity (Wildman–Crippen MR) is 104 cm³/mol. The van der Waals surface area contributed by atoms with Gasteiger partial charge in [0.1, 0.15) is 5.60 Å². The van der Waals surface area contributed by atoms with Crippen molar-refractivity contribution in [3.05, 3.63) is 29.8 Å². The lowest BCUT2D eigenvalue weighted by Crippen LogP contribution is -2.38. The van der Waals surface area contributed by atoms with Gasteiger partial charge in [0.2, 0.25) is 0 Å². The molecule has 0 atom stereocenters. The van der Waals surface area contributed by atoms with Gasteiger partial charge in [0, 0.05) is 25.3 Å². The third-order valence-electron chi connectivity index (χ3n) is 3.14. The minimum atomic E-state index is -0.501. The van der Waals surface area contributed by atoms with Gasteiger partial charge in [-0.05, 0) is 58.2 Å². The summed E-state index contributed by atoms with van der Waals surface area (Å²) >= 11 is 0. The van der Waals surface area contributed by atoms with E-state index in [9.17, 15) is 4.79 Å². The van der Waals surface area contributed by atoms with Crippen LogP contribution in [0.25, 0.3) is 0 Å². The summed E-state index contributed by atoms with van der Waals surface area (Å²) in [5, 5.41) is 9.29. The summed E-state index contributed by atoms with van der Waals surface area (Å²) in [6.07, 6.45) is 1.47. The number of aliphatic imine (C=N–C) groups is 1. The minimum absolute atomic E-state index is 0.440. The fourth-order valence-electron chi connectivity index (χ4n) is 2.07. The van der Waals surface area contributed by atoms with Gasteiger partial charge in [0.05, 0.1) is 0 Å². The van der Waals surface area contributed by atoms with Crippen LogP contribution in [0.1, 0.15) is 46.6 Å². The number of benzene rings is 1. The number of hydrogen-bond donors (Lipinski definition) is 3. The molecule has 1 rings (SSSR count). The maximum absolute atomic E-state index is 11.7. The molecule has 0 aliphatic rings. The van der Waals surface area contributed by atoms with Gasteiger partial charge < -0.3 is 15.4 Å². The Morgan fingerprint density at radius 1 is 1.12 bits per heavy atom. The van der Waals surface area contributed by atoms with Gasteiger partial charge in [-0.3, -0.25) is 10.3 Å². The van der Waals surface area contributed by atoms with Crippen molar-refractivity contribution in [3.63, 3.8) is 0 Å². The van der Waals surface area contributed by atoms with Crippen LogP contribution in [0, 0.1) is 0 Å². The summed E-state index contributed by atoms with van der Waals surface area (Å²) in [4.78, 5) is 16.2. The highest BCUT2D eigenvalue weighted by atomic mass is 16.6. The molecule has 3 N–H and O–H groups in total. The van der Waals surface area contributed by atoms with Crippen molar-refractivity contribution in [2.45, 2.75) is 53.1 Å². The molecule has 0 aromatic heterocycles. The zero-order valence-corrected chi connectivity index (χ0v) is 16.1. The van der Waals surface area contributed by atoms with Crippen molar-refractivity contribution in [1.29, 1.82) is 0 Å². The second-order valence-electron chi connectivity index (χ2n) is 6.76. The van der Waals surface area contributed by atoms with Crippen molar-refractivity contribution in [2.75, 3.05) is 25.0 Å². The molecule has 1 amide bonds. The summed E-state index contributed by atoms with van der Waals surface area (Å²) < 4.78 is 5.24. The van der Waals surface area contributed by atoms with Crippen LogP contribution >= 0.6 is 0 Å². The Bertz CT molecular complexity index is 548. The van der Waals surface area contributed by atoms with Gasteiger partial charge >= 0.3 is 6.09 Å². The highest BCUT2D eigenvalue weighted by molar-refractivity contribution is 5.84. The first-order valence-electron chi connectivity index (χ1n) is 8.95. The summed E-state index contributed by atoms with van der Waals surface area (Å²) in [7, 11) is 0. The summed E-state index contributed by atoms with van der Waals surface area (Å²) in [6.45, 7) is 12.2. The van der Waals surface area contributed by atoms with Crippen LogP contribution < -0.4 is 16.0 Å². The molecule has 1 aromatic rings. The normalized spacial score (nSPS) is 11.8.